The predicted octanol–water partition coefficient (Wildman–Crippen LogP) is 4.79. The minimum absolute atomic E-state index is 0.152. The molecule has 2 aromatic carbocycles. The van der Waals surface area contributed by atoms with Crippen molar-refractivity contribution >= 4 is 23.4 Å². The fourth-order valence-electron chi connectivity index (χ4n) is 2.46. The van der Waals surface area contributed by atoms with Gasteiger partial charge in [-0.25, -0.2) is 0 Å². The lowest BCUT2D eigenvalue weighted by atomic mass is 10.0. The van der Waals surface area contributed by atoms with Crippen molar-refractivity contribution in [1.29, 1.82) is 0 Å². The predicted molar refractivity (Wildman–Crippen MR) is 91.8 cm³/mol. The zero-order chi connectivity index (χ0) is 15.6. The molecule has 0 aromatic heterocycles. The second-order valence-corrected chi connectivity index (χ2v) is 7.82. The van der Waals surface area contributed by atoms with E-state index in [0.717, 1.165) is 18.6 Å². The Labute approximate surface area is 140 Å². The van der Waals surface area contributed by atoms with E-state index in [9.17, 15) is 5.11 Å². The van der Waals surface area contributed by atoms with Crippen LogP contribution in [0.1, 0.15) is 19.8 Å². The first-order chi connectivity index (χ1) is 10.5. The average molecular weight is 335 g/mol. The van der Waals surface area contributed by atoms with E-state index in [2.05, 4.69) is 12.1 Å². The van der Waals surface area contributed by atoms with Crippen molar-refractivity contribution in [3.05, 3.63) is 59.6 Å². The van der Waals surface area contributed by atoms with Crippen LogP contribution in [0, 0.1) is 0 Å². The second-order valence-electron chi connectivity index (χ2n) is 5.93. The number of benzene rings is 2. The van der Waals surface area contributed by atoms with Crippen molar-refractivity contribution in [2.24, 2.45) is 0 Å². The highest BCUT2D eigenvalue weighted by atomic mass is 35.5. The van der Waals surface area contributed by atoms with Gasteiger partial charge in [-0.15, -0.1) is 11.8 Å². The molecule has 0 bridgehead atoms. The molecule has 3 rings (SSSR count). The lowest BCUT2D eigenvalue weighted by Crippen LogP contribution is -2.44. The zero-order valence-electron chi connectivity index (χ0n) is 12.5. The zero-order valence-corrected chi connectivity index (χ0v) is 14.0. The minimum Gasteiger partial charge on any atom is -0.491 e. The van der Waals surface area contributed by atoms with Gasteiger partial charge >= 0.3 is 0 Å². The molecule has 0 radical (unpaired) electrons. The van der Waals surface area contributed by atoms with Gasteiger partial charge in [0.2, 0.25) is 0 Å². The van der Waals surface area contributed by atoms with Crippen LogP contribution in [0.3, 0.4) is 0 Å². The highest BCUT2D eigenvalue weighted by Crippen LogP contribution is 2.58. The average Bonchev–Trinajstić information content (AvgIpc) is 3.29. The number of ether oxygens (including phenoxy) is 1. The number of halogens is 1. The number of hydrogen-bond donors (Lipinski definition) is 1. The molecule has 0 spiro atoms. The Hall–Kier alpha value is -1.16. The van der Waals surface area contributed by atoms with E-state index in [0.29, 0.717) is 5.02 Å². The molecule has 0 heterocycles. The molecule has 2 nitrogen and oxygen atoms in total. The fourth-order valence-corrected chi connectivity index (χ4v) is 3.92. The van der Waals surface area contributed by atoms with Gasteiger partial charge in [0.1, 0.15) is 18.0 Å². The first-order valence-electron chi connectivity index (χ1n) is 7.36. The molecule has 1 atom stereocenters. The number of aliphatic hydroxyl groups is 1. The van der Waals surface area contributed by atoms with Crippen LogP contribution >= 0.6 is 23.4 Å². The van der Waals surface area contributed by atoms with Gasteiger partial charge in [0.05, 0.1) is 4.75 Å². The maximum atomic E-state index is 10.9. The largest absolute Gasteiger partial charge is 0.491 e. The van der Waals surface area contributed by atoms with Crippen molar-refractivity contribution in [2.75, 3.05) is 6.61 Å². The Kier molecular flexibility index (Phi) is 4.40. The molecule has 2 aromatic rings. The summed E-state index contributed by atoms with van der Waals surface area (Å²) in [6.45, 7) is 2.14. The summed E-state index contributed by atoms with van der Waals surface area (Å²) in [7, 11) is 0. The maximum absolute atomic E-state index is 10.9. The number of hydrogen-bond acceptors (Lipinski definition) is 3. The third kappa shape index (κ3) is 3.43. The molecular weight excluding hydrogens is 316 g/mol. The van der Waals surface area contributed by atoms with E-state index < -0.39 is 5.60 Å². The lowest BCUT2D eigenvalue weighted by molar-refractivity contribution is 0.00331. The van der Waals surface area contributed by atoms with Gasteiger partial charge in [0.25, 0.3) is 0 Å². The van der Waals surface area contributed by atoms with Gasteiger partial charge < -0.3 is 9.84 Å². The maximum Gasteiger partial charge on any atom is 0.119 e. The molecule has 0 aliphatic heterocycles. The molecule has 1 unspecified atom stereocenters. The molecule has 22 heavy (non-hydrogen) atoms. The van der Waals surface area contributed by atoms with Crippen LogP contribution < -0.4 is 4.74 Å². The fraction of sp³-hybridized carbons (Fsp3) is 0.333. The molecule has 1 aliphatic carbocycles. The van der Waals surface area contributed by atoms with Crippen LogP contribution in [0.5, 0.6) is 5.75 Å². The smallest absolute Gasteiger partial charge is 0.119 e. The van der Waals surface area contributed by atoms with Gasteiger partial charge in [-0.2, -0.15) is 0 Å². The van der Waals surface area contributed by atoms with Crippen molar-refractivity contribution in [3.63, 3.8) is 0 Å². The van der Waals surface area contributed by atoms with E-state index >= 15 is 0 Å². The van der Waals surface area contributed by atoms with Crippen LogP contribution in [0.4, 0.5) is 0 Å². The SMILES string of the molecule is CC(O)(COc1ccc(Cl)cc1)C1(Sc2ccccc2)CC1. The van der Waals surface area contributed by atoms with Crippen molar-refractivity contribution in [2.45, 2.75) is 35.0 Å². The van der Waals surface area contributed by atoms with Crippen LogP contribution in [0.25, 0.3) is 0 Å². The highest BCUT2D eigenvalue weighted by molar-refractivity contribution is 8.01. The summed E-state index contributed by atoms with van der Waals surface area (Å²) < 4.78 is 5.62. The summed E-state index contributed by atoms with van der Waals surface area (Å²) >= 11 is 7.62. The molecule has 1 aliphatic rings. The normalized spacial score (nSPS) is 18.5. The topological polar surface area (TPSA) is 29.5 Å². The van der Waals surface area contributed by atoms with Gasteiger partial charge in [-0.3, -0.25) is 0 Å². The van der Waals surface area contributed by atoms with Gasteiger partial charge in [-0.1, -0.05) is 29.8 Å². The second kappa shape index (κ2) is 6.15. The molecule has 0 saturated heterocycles. The Morgan fingerprint density at radius 3 is 2.36 bits per heavy atom. The van der Waals surface area contributed by atoms with E-state index in [1.54, 1.807) is 23.9 Å². The first kappa shape index (κ1) is 15.7. The van der Waals surface area contributed by atoms with E-state index in [4.69, 9.17) is 16.3 Å². The van der Waals surface area contributed by atoms with Crippen LogP contribution in [0.2, 0.25) is 5.02 Å². The molecule has 0 amide bonds. The summed E-state index contributed by atoms with van der Waals surface area (Å²) in [6, 6.07) is 17.4. The van der Waals surface area contributed by atoms with Crippen molar-refractivity contribution in [1.82, 2.24) is 0 Å². The van der Waals surface area contributed by atoms with Gasteiger partial charge in [0, 0.05) is 9.92 Å². The lowest BCUT2D eigenvalue weighted by Gasteiger charge is -2.32. The molecule has 1 fully saturated rings. The summed E-state index contributed by atoms with van der Waals surface area (Å²) in [5.41, 5.74) is -0.882. The summed E-state index contributed by atoms with van der Waals surface area (Å²) in [6.07, 6.45) is 2.01. The molecular formula is C18H19ClO2S. The van der Waals surface area contributed by atoms with E-state index in [-0.39, 0.29) is 11.4 Å². The third-order valence-electron chi connectivity index (χ3n) is 4.08. The monoisotopic (exact) mass is 334 g/mol. The first-order valence-corrected chi connectivity index (χ1v) is 8.55. The molecule has 1 saturated carbocycles. The van der Waals surface area contributed by atoms with E-state index in [1.165, 1.54) is 4.90 Å². The van der Waals surface area contributed by atoms with Gasteiger partial charge in [0.15, 0.2) is 0 Å². The van der Waals surface area contributed by atoms with Crippen molar-refractivity contribution in [3.8, 4) is 5.75 Å². The van der Waals surface area contributed by atoms with Crippen LogP contribution in [-0.4, -0.2) is 22.1 Å². The Morgan fingerprint density at radius 1 is 1.14 bits per heavy atom. The minimum atomic E-state index is -0.882. The molecule has 1 N–H and O–H groups in total. The Morgan fingerprint density at radius 2 is 1.77 bits per heavy atom. The molecule has 4 heteroatoms. The highest BCUT2D eigenvalue weighted by Gasteiger charge is 2.57. The Balaban J connectivity index is 1.65. The summed E-state index contributed by atoms with van der Waals surface area (Å²) in [5, 5.41) is 11.6. The van der Waals surface area contributed by atoms with Crippen LogP contribution in [-0.2, 0) is 0 Å². The molecule has 116 valence electrons. The summed E-state index contributed by atoms with van der Waals surface area (Å²) in [4.78, 5) is 1.19. The number of rotatable bonds is 6. The quantitative estimate of drug-likeness (QED) is 0.823. The van der Waals surface area contributed by atoms with E-state index in [1.807, 2.05) is 37.3 Å². The third-order valence-corrected chi connectivity index (χ3v) is 6.07. The number of thioether (sulfide) groups is 1. The van der Waals surface area contributed by atoms with Crippen LogP contribution in [0.15, 0.2) is 59.5 Å². The standard InChI is InChI=1S/C18H19ClO2S/c1-17(20,13-21-15-9-7-14(19)8-10-15)18(11-12-18)22-16-5-3-2-4-6-16/h2-10,20H,11-13H2,1H3. The Bertz CT molecular complexity index is 621. The van der Waals surface area contributed by atoms with Crippen molar-refractivity contribution < 1.29 is 9.84 Å². The van der Waals surface area contributed by atoms with Gasteiger partial charge in [-0.05, 0) is 56.2 Å². The summed E-state index contributed by atoms with van der Waals surface area (Å²) in [5.74, 6) is 0.727.